The lowest BCUT2D eigenvalue weighted by molar-refractivity contribution is -0.129. The number of sulfonamides is 1. The third kappa shape index (κ3) is 6.61. The van der Waals surface area contributed by atoms with Gasteiger partial charge in [-0.15, -0.1) is 11.3 Å². The summed E-state index contributed by atoms with van der Waals surface area (Å²) in [6.45, 7) is 3.70. The maximum Gasteiger partial charge on any atom is 0.262 e. The quantitative estimate of drug-likeness (QED) is 0.417. The highest BCUT2D eigenvalue weighted by molar-refractivity contribution is 7.89. The van der Waals surface area contributed by atoms with Gasteiger partial charge in [0.05, 0.1) is 22.4 Å². The Morgan fingerprint density at radius 1 is 1.13 bits per heavy atom. The first-order chi connectivity index (χ1) is 18.0. The van der Waals surface area contributed by atoms with Gasteiger partial charge in [-0.1, -0.05) is 43.6 Å². The summed E-state index contributed by atoms with van der Waals surface area (Å²) in [6.07, 6.45) is 1.09. The van der Waals surface area contributed by atoms with Crippen LogP contribution in [0.2, 0.25) is 5.02 Å². The summed E-state index contributed by atoms with van der Waals surface area (Å²) in [7, 11) is -3.89. The van der Waals surface area contributed by atoms with E-state index in [2.05, 4.69) is 10.6 Å². The second-order valence-electron chi connectivity index (χ2n) is 9.77. The Hall–Kier alpha value is -2.79. The SMILES string of the molecule is CC(C)C[C@H](NC(=O)c1cc2ccccc2s1)C(=O)N[C@@H]1CCCN(S(=O)(=O)c2ccc(Cl)cc2)CC1=O. The lowest BCUT2D eigenvalue weighted by atomic mass is 10.0. The molecular weight excluding hydrogens is 546 g/mol. The molecule has 4 rings (SSSR count). The molecule has 8 nitrogen and oxygen atoms in total. The Morgan fingerprint density at radius 2 is 1.84 bits per heavy atom. The number of carbonyl (C=O) groups is 3. The summed E-state index contributed by atoms with van der Waals surface area (Å²) in [5, 5.41) is 6.98. The average molecular weight is 576 g/mol. The van der Waals surface area contributed by atoms with Gasteiger partial charge in [0.2, 0.25) is 15.9 Å². The first-order valence-electron chi connectivity index (χ1n) is 12.4. The zero-order valence-electron chi connectivity index (χ0n) is 21.1. The summed E-state index contributed by atoms with van der Waals surface area (Å²) in [4.78, 5) is 39.9. The maximum absolute atomic E-state index is 13.3. The van der Waals surface area contributed by atoms with E-state index in [0.717, 1.165) is 14.4 Å². The van der Waals surface area contributed by atoms with Crippen LogP contribution >= 0.6 is 22.9 Å². The average Bonchev–Trinajstić information content (AvgIpc) is 3.22. The third-order valence-electron chi connectivity index (χ3n) is 6.37. The van der Waals surface area contributed by atoms with Crippen molar-refractivity contribution in [3.63, 3.8) is 0 Å². The standard InChI is InChI=1S/C27H30ClN3O5S2/c1-17(2)14-22(30-27(34)25-15-18-6-3-4-8-24(18)37-25)26(33)29-21-7-5-13-31(16-23(21)32)38(35,36)20-11-9-19(28)10-12-20/h3-4,6,8-12,15,17,21-22H,5,7,13-14,16H2,1-2H3,(H,29,33)(H,30,34)/t21-,22+/m1/s1. The molecular formula is C27H30ClN3O5S2. The summed E-state index contributed by atoms with van der Waals surface area (Å²) >= 11 is 7.23. The molecule has 2 amide bonds. The van der Waals surface area contributed by atoms with E-state index in [1.807, 2.05) is 38.1 Å². The number of rotatable bonds is 8. The molecule has 2 atom stereocenters. The van der Waals surface area contributed by atoms with E-state index in [1.165, 1.54) is 35.6 Å². The van der Waals surface area contributed by atoms with Gasteiger partial charge in [-0.05, 0) is 67.0 Å². The number of amides is 2. The highest BCUT2D eigenvalue weighted by Crippen LogP contribution is 2.26. The van der Waals surface area contributed by atoms with Crippen molar-refractivity contribution in [2.45, 2.75) is 50.1 Å². The van der Waals surface area contributed by atoms with Gasteiger partial charge in [0, 0.05) is 16.3 Å². The van der Waals surface area contributed by atoms with Crippen molar-refractivity contribution in [2.24, 2.45) is 5.92 Å². The number of Topliss-reactive ketones (excluding diaryl/α,β-unsaturated/α-hetero) is 1. The van der Waals surface area contributed by atoms with Crippen LogP contribution in [0.15, 0.2) is 59.5 Å². The highest BCUT2D eigenvalue weighted by Gasteiger charge is 2.34. The van der Waals surface area contributed by atoms with Crippen LogP contribution in [0.1, 0.15) is 42.8 Å². The third-order valence-corrected chi connectivity index (χ3v) is 9.59. The van der Waals surface area contributed by atoms with Gasteiger partial charge < -0.3 is 10.6 Å². The van der Waals surface area contributed by atoms with E-state index in [1.54, 1.807) is 6.07 Å². The van der Waals surface area contributed by atoms with Crippen molar-refractivity contribution in [1.29, 1.82) is 0 Å². The minimum absolute atomic E-state index is 0.0538. The van der Waals surface area contributed by atoms with Crippen molar-refractivity contribution < 1.29 is 22.8 Å². The van der Waals surface area contributed by atoms with E-state index in [9.17, 15) is 22.8 Å². The molecule has 1 aliphatic heterocycles. The molecule has 38 heavy (non-hydrogen) atoms. The largest absolute Gasteiger partial charge is 0.344 e. The maximum atomic E-state index is 13.3. The number of fused-ring (bicyclic) bond motifs is 1. The minimum atomic E-state index is -3.89. The summed E-state index contributed by atoms with van der Waals surface area (Å²) in [5.41, 5.74) is 0. The Labute approximate surface area is 231 Å². The Kier molecular flexibility index (Phi) is 8.87. The van der Waals surface area contributed by atoms with Gasteiger partial charge in [-0.3, -0.25) is 14.4 Å². The molecule has 0 aliphatic carbocycles. The van der Waals surface area contributed by atoms with Gasteiger partial charge in [-0.25, -0.2) is 8.42 Å². The van der Waals surface area contributed by atoms with E-state index in [-0.39, 0.29) is 29.8 Å². The van der Waals surface area contributed by atoms with Crippen LogP contribution in [0.5, 0.6) is 0 Å². The van der Waals surface area contributed by atoms with E-state index < -0.39 is 33.8 Å². The van der Waals surface area contributed by atoms with Crippen molar-refractivity contribution in [3.05, 3.63) is 64.5 Å². The van der Waals surface area contributed by atoms with Crippen LogP contribution < -0.4 is 10.6 Å². The Morgan fingerprint density at radius 3 is 2.53 bits per heavy atom. The highest BCUT2D eigenvalue weighted by atomic mass is 35.5. The smallest absolute Gasteiger partial charge is 0.262 e. The number of hydrogen-bond acceptors (Lipinski definition) is 6. The predicted octanol–water partition coefficient (Wildman–Crippen LogP) is 4.24. The molecule has 2 N–H and O–H groups in total. The summed E-state index contributed by atoms with van der Waals surface area (Å²) in [6, 6.07) is 13.6. The van der Waals surface area contributed by atoms with E-state index in [0.29, 0.717) is 29.2 Å². The molecule has 0 saturated carbocycles. The number of hydrogen-bond donors (Lipinski definition) is 2. The number of carbonyl (C=O) groups excluding carboxylic acids is 3. The molecule has 1 aliphatic rings. The second kappa shape index (κ2) is 11.9. The van der Waals surface area contributed by atoms with Crippen LogP contribution in [0, 0.1) is 5.92 Å². The molecule has 0 bridgehead atoms. The molecule has 3 aromatic rings. The van der Waals surface area contributed by atoms with Crippen molar-refractivity contribution in [3.8, 4) is 0 Å². The van der Waals surface area contributed by atoms with Crippen molar-refractivity contribution in [2.75, 3.05) is 13.1 Å². The fourth-order valence-corrected chi connectivity index (χ4v) is 6.94. The Bertz CT molecular complexity index is 1400. The summed E-state index contributed by atoms with van der Waals surface area (Å²) in [5.74, 6) is -1.09. The van der Waals surface area contributed by atoms with Gasteiger partial charge in [-0.2, -0.15) is 4.31 Å². The van der Waals surface area contributed by atoms with Crippen LogP contribution in [-0.2, 0) is 19.6 Å². The molecule has 11 heteroatoms. The predicted molar refractivity (Wildman–Crippen MR) is 149 cm³/mol. The molecule has 2 heterocycles. The molecule has 202 valence electrons. The zero-order valence-corrected chi connectivity index (χ0v) is 23.5. The lowest BCUT2D eigenvalue weighted by Crippen LogP contribution is -2.52. The molecule has 1 saturated heterocycles. The topological polar surface area (TPSA) is 113 Å². The van der Waals surface area contributed by atoms with Crippen molar-refractivity contribution >= 4 is 60.6 Å². The van der Waals surface area contributed by atoms with Crippen LogP contribution in [-0.4, -0.2) is 55.5 Å². The molecule has 0 unspecified atom stereocenters. The molecule has 1 aromatic heterocycles. The molecule has 2 aromatic carbocycles. The normalized spacial score (nSPS) is 17.8. The monoisotopic (exact) mass is 575 g/mol. The number of ketones is 1. The van der Waals surface area contributed by atoms with E-state index in [4.69, 9.17) is 11.6 Å². The van der Waals surface area contributed by atoms with E-state index >= 15 is 0 Å². The zero-order chi connectivity index (χ0) is 27.4. The fourth-order valence-electron chi connectivity index (χ4n) is 4.41. The fraction of sp³-hybridized carbons (Fsp3) is 0.370. The first kappa shape index (κ1) is 28.2. The molecule has 0 spiro atoms. The van der Waals surface area contributed by atoms with Gasteiger partial charge in [0.1, 0.15) is 6.04 Å². The van der Waals surface area contributed by atoms with Crippen molar-refractivity contribution in [1.82, 2.24) is 14.9 Å². The minimum Gasteiger partial charge on any atom is -0.344 e. The van der Waals surface area contributed by atoms with Crippen LogP contribution in [0.4, 0.5) is 0 Å². The Balaban J connectivity index is 1.44. The first-order valence-corrected chi connectivity index (χ1v) is 15.1. The van der Waals surface area contributed by atoms with Gasteiger partial charge in [0.25, 0.3) is 5.91 Å². The molecule has 0 radical (unpaired) electrons. The van der Waals surface area contributed by atoms with Crippen LogP contribution in [0.25, 0.3) is 10.1 Å². The van der Waals surface area contributed by atoms with Crippen LogP contribution in [0.3, 0.4) is 0 Å². The summed E-state index contributed by atoms with van der Waals surface area (Å²) < 4.78 is 28.3. The lowest BCUT2D eigenvalue weighted by Gasteiger charge is -2.23. The second-order valence-corrected chi connectivity index (χ2v) is 13.2. The number of halogens is 1. The number of benzene rings is 2. The number of nitrogens with zero attached hydrogens (tertiary/aromatic N) is 1. The number of thiophene rings is 1. The van der Waals surface area contributed by atoms with Gasteiger partial charge in [0.15, 0.2) is 5.78 Å². The van der Waals surface area contributed by atoms with Gasteiger partial charge >= 0.3 is 0 Å². The number of nitrogens with one attached hydrogen (secondary N) is 2. The molecule has 1 fully saturated rings.